The normalized spacial score (nSPS) is 19.7. The monoisotopic (exact) mass is 104 g/mol. The predicted molar refractivity (Wildman–Crippen MR) is 18.3 cm³/mol. The summed E-state index contributed by atoms with van der Waals surface area (Å²) in [5, 5.41) is 0. The van der Waals surface area contributed by atoms with E-state index < -0.39 is 9.17 Å². The van der Waals surface area contributed by atoms with Gasteiger partial charge >= 0.3 is 9.17 Å². The predicted octanol–water partition coefficient (Wildman–Crippen LogP) is -0.551. The van der Waals surface area contributed by atoms with Crippen LogP contribution < -0.4 is 0 Å². The first-order chi connectivity index (χ1) is 2.89. The Hall–Kier alpha value is -0.383. The van der Waals surface area contributed by atoms with Gasteiger partial charge in [-0.15, -0.1) is 0 Å². The van der Waals surface area contributed by atoms with Crippen LogP contribution in [0.25, 0.3) is 0 Å². The van der Waals surface area contributed by atoms with E-state index in [1.165, 1.54) is 0 Å². The summed E-state index contributed by atoms with van der Waals surface area (Å²) in [5.74, 6) is 0. The molecule has 0 radical (unpaired) electrons. The van der Waals surface area contributed by atoms with E-state index in [0.29, 0.717) is 13.2 Å². The van der Waals surface area contributed by atoms with Gasteiger partial charge in [0.15, 0.2) is 0 Å². The van der Waals surface area contributed by atoms with Crippen LogP contribution in [0.15, 0.2) is 0 Å². The van der Waals surface area contributed by atoms with Crippen molar-refractivity contribution in [2.75, 3.05) is 13.2 Å². The smallest absolute Gasteiger partial charge is 0.492 e. The maximum Gasteiger partial charge on any atom is 0.767 e. The summed E-state index contributed by atoms with van der Waals surface area (Å²) in [6.07, 6.45) is 0. The van der Waals surface area contributed by atoms with Gasteiger partial charge in [0.25, 0.3) is 0 Å². The lowest BCUT2D eigenvalue weighted by Gasteiger charge is -1.76. The molecule has 0 aromatic rings. The minimum Gasteiger partial charge on any atom is -0.492 e. The molecule has 1 aliphatic heterocycles. The molecule has 34 valence electrons. The molecule has 0 aromatic heterocycles. The molecule has 0 unspecified atom stereocenters. The minimum atomic E-state index is -2.01. The van der Waals surface area contributed by atoms with Crippen molar-refractivity contribution >= 4 is 9.17 Å². The van der Waals surface area contributed by atoms with Gasteiger partial charge in [-0.05, 0) is 0 Å². The van der Waals surface area contributed by atoms with E-state index in [-0.39, 0.29) is 0 Å². The van der Waals surface area contributed by atoms with Crippen LogP contribution in [-0.4, -0.2) is 22.4 Å². The van der Waals surface area contributed by atoms with Crippen molar-refractivity contribution in [3.05, 3.63) is 0 Å². The molecule has 0 spiro atoms. The van der Waals surface area contributed by atoms with Gasteiger partial charge in [-0.3, -0.25) is 4.46 Å². The van der Waals surface area contributed by atoms with E-state index in [2.05, 4.69) is 8.85 Å². The molecular formula is C2H4O3Si. The maximum atomic E-state index is 9.98. The summed E-state index contributed by atoms with van der Waals surface area (Å²) >= 11 is 0. The standard InChI is InChI=1S/C2H4O3Si/c3-6-4-1-2-5-6/h1-2H2. The SMILES string of the molecule is O=[Si]1OCCO1. The summed E-state index contributed by atoms with van der Waals surface area (Å²) in [6.45, 7) is 0.996. The van der Waals surface area contributed by atoms with Crippen molar-refractivity contribution in [1.82, 2.24) is 0 Å². The Morgan fingerprint density at radius 3 is 2.00 bits per heavy atom. The van der Waals surface area contributed by atoms with Gasteiger partial charge in [0, 0.05) is 0 Å². The molecule has 0 aromatic carbocycles. The van der Waals surface area contributed by atoms with Gasteiger partial charge in [0.2, 0.25) is 0 Å². The number of rotatable bonds is 0. The van der Waals surface area contributed by atoms with E-state index in [1.807, 2.05) is 0 Å². The van der Waals surface area contributed by atoms with Crippen molar-refractivity contribution in [2.24, 2.45) is 0 Å². The highest BCUT2D eigenvalue weighted by molar-refractivity contribution is 6.26. The third-order valence-electron chi connectivity index (χ3n) is 0.523. The molecule has 1 saturated heterocycles. The first-order valence-electron chi connectivity index (χ1n) is 1.69. The average Bonchev–Trinajstić information content (AvgIpc) is 1.86. The van der Waals surface area contributed by atoms with E-state index >= 15 is 0 Å². The van der Waals surface area contributed by atoms with Gasteiger partial charge in [0.1, 0.15) is 13.2 Å². The van der Waals surface area contributed by atoms with Gasteiger partial charge in [-0.2, -0.15) is 0 Å². The Morgan fingerprint density at radius 2 is 1.83 bits per heavy atom. The van der Waals surface area contributed by atoms with Crippen LogP contribution in [0.5, 0.6) is 0 Å². The Morgan fingerprint density at radius 1 is 1.33 bits per heavy atom. The second-order valence-corrected chi connectivity index (χ2v) is 2.02. The Kier molecular flexibility index (Phi) is 0.872. The molecule has 6 heavy (non-hydrogen) atoms. The molecule has 3 nitrogen and oxygen atoms in total. The lowest BCUT2D eigenvalue weighted by atomic mass is 10.8. The molecular weight excluding hydrogens is 100 g/mol. The molecule has 0 atom stereocenters. The van der Waals surface area contributed by atoms with Crippen molar-refractivity contribution in [3.8, 4) is 0 Å². The minimum absolute atomic E-state index is 0.498. The summed E-state index contributed by atoms with van der Waals surface area (Å²) < 4.78 is 18.9. The molecule has 1 heterocycles. The third-order valence-corrected chi connectivity index (χ3v) is 1.40. The quantitative estimate of drug-likeness (QED) is 0.387. The molecule has 0 N–H and O–H groups in total. The van der Waals surface area contributed by atoms with Gasteiger partial charge in [-0.1, -0.05) is 0 Å². The molecule has 1 fully saturated rings. The fourth-order valence-electron chi connectivity index (χ4n) is 0.292. The molecule has 0 aliphatic carbocycles. The zero-order chi connectivity index (χ0) is 4.41. The fraction of sp³-hybridized carbons (Fsp3) is 1.00. The Balaban J connectivity index is 2.37. The van der Waals surface area contributed by atoms with Crippen LogP contribution in [0, 0.1) is 0 Å². The highest BCUT2D eigenvalue weighted by Crippen LogP contribution is 1.87. The van der Waals surface area contributed by atoms with Crippen LogP contribution in [0.1, 0.15) is 0 Å². The Bertz CT molecular complexity index is 63.2. The molecule has 0 amide bonds. The maximum absolute atomic E-state index is 9.98. The Labute approximate surface area is 36.8 Å². The number of hydrogen-bond donors (Lipinski definition) is 0. The van der Waals surface area contributed by atoms with Gasteiger partial charge in [0.05, 0.1) is 0 Å². The van der Waals surface area contributed by atoms with Gasteiger partial charge in [-0.25, -0.2) is 0 Å². The van der Waals surface area contributed by atoms with Crippen molar-refractivity contribution in [1.29, 1.82) is 0 Å². The summed E-state index contributed by atoms with van der Waals surface area (Å²) in [6, 6.07) is 0. The summed E-state index contributed by atoms with van der Waals surface area (Å²) in [4.78, 5) is 0. The van der Waals surface area contributed by atoms with Crippen LogP contribution in [0.2, 0.25) is 0 Å². The van der Waals surface area contributed by atoms with E-state index in [4.69, 9.17) is 0 Å². The van der Waals surface area contributed by atoms with Crippen LogP contribution in [0.4, 0.5) is 0 Å². The van der Waals surface area contributed by atoms with Crippen LogP contribution in [0.3, 0.4) is 0 Å². The summed E-state index contributed by atoms with van der Waals surface area (Å²) in [5.41, 5.74) is 0. The average molecular weight is 104 g/mol. The zero-order valence-electron chi connectivity index (χ0n) is 3.14. The lowest BCUT2D eigenvalue weighted by molar-refractivity contribution is 0.310. The van der Waals surface area contributed by atoms with Crippen LogP contribution >= 0.6 is 0 Å². The second-order valence-electron chi connectivity index (χ2n) is 0.947. The highest BCUT2D eigenvalue weighted by atomic mass is 28.3. The van der Waals surface area contributed by atoms with E-state index in [1.54, 1.807) is 0 Å². The molecule has 0 saturated carbocycles. The number of hydrogen-bond acceptors (Lipinski definition) is 3. The summed E-state index contributed by atoms with van der Waals surface area (Å²) in [7, 11) is -2.01. The highest BCUT2D eigenvalue weighted by Gasteiger charge is 2.16. The topological polar surface area (TPSA) is 35.5 Å². The lowest BCUT2D eigenvalue weighted by Crippen LogP contribution is -1.96. The van der Waals surface area contributed by atoms with Gasteiger partial charge < -0.3 is 8.85 Å². The van der Waals surface area contributed by atoms with E-state index in [0.717, 1.165) is 0 Å². The molecule has 4 heteroatoms. The fourth-order valence-corrected chi connectivity index (χ4v) is 0.875. The first kappa shape index (κ1) is 3.79. The first-order valence-corrected chi connectivity index (χ1v) is 2.91. The largest absolute Gasteiger partial charge is 0.767 e. The second kappa shape index (κ2) is 1.38. The zero-order valence-corrected chi connectivity index (χ0v) is 4.14. The van der Waals surface area contributed by atoms with E-state index in [9.17, 15) is 4.46 Å². The van der Waals surface area contributed by atoms with Crippen molar-refractivity contribution in [3.63, 3.8) is 0 Å². The third kappa shape index (κ3) is 0.566. The molecule has 0 bridgehead atoms. The van der Waals surface area contributed by atoms with Crippen LogP contribution in [-0.2, 0) is 13.3 Å². The molecule has 1 rings (SSSR count). The molecule has 1 aliphatic rings. The van der Waals surface area contributed by atoms with Crippen molar-refractivity contribution in [2.45, 2.75) is 0 Å². The van der Waals surface area contributed by atoms with Crippen molar-refractivity contribution < 1.29 is 13.3 Å².